The van der Waals surface area contributed by atoms with Gasteiger partial charge in [0.25, 0.3) is 0 Å². The first kappa shape index (κ1) is 11.2. The molecular weight excluding hydrogens is 228 g/mol. The zero-order chi connectivity index (χ0) is 12.9. The lowest BCUT2D eigenvalue weighted by Crippen LogP contribution is -2.10. The van der Waals surface area contributed by atoms with Crippen LogP contribution in [0.4, 0.5) is 0 Å². The highest BCUT2D eigenvalue weighted by atomic mass is 16.6. The molecule has 18 heavy (non-hydrogen) atoms. The third kappa shape index (κ3) is 1.43. The minimum atomic E-state index is -0.489. The first-order valence-corrected chi connectivity index (χ1v) is 6.21. The van der Waals surface area contributed by atoms with Crippen LogP contribution in [0.1, 0.15) is 42.9 Å². The van der Waals surface area contributed by atoms with Crippen molar-refractivity contribution in [1.82, 2.24) is 0 Å². The molecule has 2 aliphatic rings. The van der Waals surface area contributed by atoms with E-state index in [1.807, 2.05) is 12.1 Å². The molecule has 0 N–H and O–H groups in total. The zero-order valence-electron chi connectivity index (χ0n) is 10.4. The summed E-state index contributed by atoms with van der Waals surface area (Å²) in [5, 5.41) is 0. The van der Waals surface area contributed by atoms with Crippen molar-refractivity contribution in [2.45, 2.75) is 32.6 Å². The fourth-order valence-electron chi connectivity index (χ4n) is 2.83. The van der Waals surface area contributed by atoms with Crippen molar-refractivity contribution >= 4 is 17.5 Å². The van der Waals surface area contributed by atoms with Gasteiger partial charge in [0.15, 0.2) is 0 Å². The monoisotopic (exact) mass is 242 g/mol. The minimum absolute atomic E-state index is 0.412. The summed E-state index contributed by atoms with van der Waals surface area (Å²) in [5.41, 5.74) is 4.37. The molecule has 1 aromatic carbocycles. The molecule has 1 aliphatic heterocycles. The fraction of sp³-hybridized carbons (Fsp3) is 0.333. The lowest BCUT2D eigenvalue weighted by Gasteiger charge is -2.20. The van der Waals surface area contributed by atoms with Crippen LogP contribution >= 0.6 is 0 Å². The second-order valence-electron chi connectivity index (χ2n) is 5.06. The Hall–Kier alpha value is -1.90. The van der Waals surface area contributed by atoms with Crippen LogP contribution in [-0.4, -0.2) is 11.9 Å². The summed E-state index contributed by atoms with van der Waals surface area (Å²) in [6, 6.07) is 5.95. The van der Waals surface area contributed by atoms with Gasteiger partial charge in [-0.25, -0.2) is 9.59 Å². The standard InChI is InChI=1S/C15H14O3/c1-8(2)9-4-3-5-11-10(9)6-7-12-13(11)15(17)18-14(12)16/h3-5,8H,6-7H2,1-2H3. The van der Waals surface area contributed by atoms with Crippen molar-refractivity contribution in [3.63, 3.8) is 0 Å². The Morgan fingerprint density at radius 2 is 1.89 bits per heavy atom. The van der Waals surface area contributed by atoms with Crippen LogP contribution in [0.25, 0.3) is 5.57 Å². The van der Waals surface area contributed by atoms with Crippen LogP contribution in [0.5, 0.6) is 0 Å². The van der Waals surface area contributed by atoms with Gasteiger partial charge in [0.2, 0.25) is 0 Å². The molecule has 1 aromatic rings. The molecule has 0 amide bonds. The van der Waals surface area contributed by atoms with Crippen molar-refractivity contribution in [2.75, 3.05) is 0 Å². The normalized spacial score (nSPS) is 17.9. The average molecular weight is 242 g/mol. The highest BCUT2D eigenvalue weighted by molar-refractivity contribution is 6.31. The number of carbonyl (C=O) groups is 2. The van der Waals surface area contributed by atoms with E-state index < -0.39 is 11.9 Å². The van der Waals surface area contributed by atoms with Gasteiger partial charge in [-0.2, -0.15) is 0 Å². The summed E-state index contributed by atoms with van der Waals surface area (Å²) >= 11 is 0. The summed E-state index contributed by atoms with van der Waals surface area (Å²) in [4.78, 5) is 23.3. The molecule has 0 saturated heterocycles. The van der Waals surface area contributed by atoms with Gasteiger partial charge in [0.05, 0.1) is 11.1 Å². The molecule has 3 heteroatoms. The second kappa shape index (κ2) is 3.80. The lowest BCUT2D eigenvalue weighted by atomic mass is 9.81. The highest BCUT2D eigenvalue weighted by Gasteiger charge is 2.37. The third-order valence-corrected chi connectivity index (χ3v) is 3.67. The molecule has 0 bridgehead atoms. The Balaban J connectivity index is 2.24. The number of benzene rings is 1. The number of cyclic esters (lactones) is 2. The van der Waals surface area contributed by atoms with Gasteiger partial charge in [-0.3, -0.25) is 0 Å². The van der Waals surface area contributed by atoms with E-state index in [-0.39, 0.29) is 0 Å². The smallest absolute Gasteiger partial charge is 0.347 e. The maximum atomic E-state index is 11.8. The Morgan fingerprint density at radius 3 is 2.61 bits per heavy atom. The summed E-state index contributed by atoms with van der Waals surface area (Å²) < 4.78 is 4.71. The van der Waals surface area contributed by atoms with Crippen LogP contribution < -0.4 is 0 Å². The topological polar surface area (TPSA) is 43.4 Å². The molecule has 0 aromatic heterocycles. The zero-order valence-corrected chi connectivity index (χ0v) is 10.4. The van der Waals surface area contributed by atoms with Gasteiger partial charge in [-0.05, 0) is 35.4 Å². The molecule has 92 valence electrons. The number of rotatable bonds is 1. The van der Waals surface area contributed by atoms with Gasteiger partial charge in [0.1, 0.15) is 0 Å². The molecule has 0 fully saturated rings. The number of esters is 2. The summed E-state index contributed by atoms with van der Waals surface area (Å²) in [7, 11) is 0. The molecule has 0 spiro atoms. The number of fused-ring (bicyclic) bond motifs is 2. The van der Waals surface area contributed by atoms with Crippen LogP contribution in [0.15, 0.2) is 23.8 Å². The lowest BCUT2D eigenvalue weighted by molar-refractivity contribution is -0.150. The molecule has 1 aliphatic carbocycles. The van der Waals surface area contributed by atoms with E-state index in [1.165, 1.54) is 11.1 Å². The number of hydrogen-bond acceptors (Lipinski definition) is 3. The number of hydrogen-bond donors (Lipinski definition) is 0. The molecule has 0 saturated carbocycles. The van der Waals surface area contributed by atoms with Crippen molar-refractivity contribution < 1.29 is 14.3 Å². The third-order valence-electron chi connectivity index (χ3n) is 3.67. The largest absolute Gasteiger partial charge is 0.386 e. The molecule has 0 radical (unpaired) electrons. The Bertz CT molecular complexity index is 594. The first-order chi connectivity index (χ1) is 8.59. The summed E-state index contributed by atoms with van der Waals surface area (Å²) in [5.74, 6) is -0.539. The van der Waals surface area contributed by atoms with Crippen molar-refractivity contribution in [1.29, 1.82) is 0 Å². The SMILES string of the molecule is CC(C)c1cccc2c1CCC1=C2C(=O)OC1=O. The maximum Gasteiger partial charge on any atom is 0.347 e. The van der Waals surface area contributed by atoms with Crippen molar-refractivity contribution in [2.24, 2.45) is 0 Å². The maximum absolute atomic E-state index is 11.8. The Labute approximate surface area is 105 Å². The predicted octanol–water partition coefficient (Wildman–Crippen LogP) is 2.59. The average Bonchev–Trinajstić information content (AvgIpc) is 2.64. The highest BCUT2D eigenvalue weighted by Crippen LogP contribution is 2.39. The first-order valence-electron chi connectivity index (χ1n) is 6.21. The van der Waals surface area contributed by atoms with Crippen LogP contribution in [0.2, 0.25) is 0 Å². The molecule has 1 heterocycles. The molecular formula is C15H14O3. The quantitative estimate of drug-likeness (QED) is 0.561. The fourth-order valence-corrected chi connectivity index (χ4v) is 2.83. The van der Waals surface area contributed by atoms with Crippen LogP contribution in [0, 0.1) is 0 Å². The van der Waals surface area contributed by atoms with E-state index in [2.05, 4.69) is 19.9 Å². The van der Waals surface area contributed by atoms with Crippen LogP contribution in [0.3, 0.4) is 0 Å². The van der Waals surface area contributed by atoms with Gasteiger partial charge in [-0.15, -0.1) is 0 Å². The van der Waals surface area contributed by atoms with Crippen molar-refractivity contribution in [3.05, 3.63) is 40.5 Å². The van der Waals surface area contributed by atoms with Crippen LogP contribution in [-0.2, 0) is 20.7 Å². The number of carbonyl (C=O) groups excluding carboxylic acids is 2. The minimum Gasteiger partial charge on any atom is -0.386 e. The molecule has 0 atom stereocenters. The summed E-state index contributed by atoms with van der Waals surface area (Å²) in [6.07, 6.45) is 1.42. The van der Waals surface area contributed by atoms with E-state index in [0.717, 1.165) is 12.0 Å². The summed E-state index contributed by atoms with van der Waals surface area (Å²) in [6.45, 7) is 4.27. The van der Waals surface area contributed by atoms with E-state index in [9.17, 15) is 9.59 Å². The van der Waals surface area contributed by atoms with Crippen molar-refractivity contribution in [3.8, 4) is 0 Å². The Morgan fingerprint density at radius 1 is 1.11 bits per heavy atom. The molecule has 0 unspecified atom stereocenters. The van der Waals surface area contributed by atoms with E-state index >= 15 is 0 Å². The van der Waals surface area contributed by atoms with Gasteiger partial charge in [-0.1, -0.05) is 32.0 Å². The van der Waals surface area contributed by atoms with E-state index in [4.69, 9.17) is 4.74 Å². The van der Waals surface area contributed by atoms with Gasteiger partial charge >= 0.3 is 11.9 Å². The number of ether oxygens (including phenoxy) is 1. The van der Waals surface area contributed by atoms with E-state index in [1.54, 1.807) is 0 Å². The van der Waals surface area contributed by atoms with Gasteiger partial charge in [0, 0.05) is 0 Å². The Kier molecular flexibility index (Phi) is 2.37. The van der Waals surface area contributed by atoms with Gasteiger partial charge < -0.3 is 4.74 Å². The second-order valence-corrected chi connectivity index (χ2v) is 5.06. The molecule has 3 rings (SSSR count). The molecule has 3 nitrogen and oxygen atoms in total. The predicted molar refractivity (Wildman–Crippen MR) is 66.9 cm³/mol. The van der Waals surface area contributed by atoms with E-state index in [0.29, 0.717) is 23.5 Å².